The van der Waals surface area contributed by atoms with Gasteiger partial charge in [0, 0.05) is 11.6 Å². The second-order valence-corrected chi connectivity index (χ2v) is 8.44. The molecule has 1 amide bonds. The summed E-state index contributed by atoms with van der Waals surface area (Å²) in [6, 6.07) is 28.6. The van der Waals surface area contributed by atoms with E-state index in [9.17, 15) is 4.79 Å². The average molecular weight is 426 g/mol. The molecule has 0 saturated heterocycles. The second kappa shape index (κ2) is 11.3. The predicted octanol–water partition coefficient (Wildman–Crippen LogP) is 5.89. The van der Waals surface area contributed by atoms with Crippen molar-refractivity contribution >= 4 is 17.6 Å². The standard InChI is InChI=1S/C29H32N2O/c1-4-20-31(3,22-25-18-16-24(5-2)17-19-25)23-30-29(32)21-28(26-12-8-6-9-13-26)27-14-10-7-11-15-27/h5-19,21H,2,4,20,22-23H2,1,3H3/p+1. The molecule has 0 saturated carbocycles. The van der Waals surface area contributed by atoms with Crippen LogP contribution in [0.25, 0.3) is 11.6 Å². The highest BCUT2D eigenvalue weighted by molar-refractivity contribution is 5.99. The molecule has 0 spiro atoms. The van der Waals surface area contributed by atoms with Crippen molar-refractivity contribution in [1.29, 1.82) is 0 Å². The van der Waals surface area contributed by atoms with Crippen LogP contribution in [0.4, 0.5) is 0 Å². The maximum atomic E-state index is 13.0. The number of rotatable bonds is 10. The summed E-state index contributed by atoms with van der Waals surface area (Å²) < 4.78 is 0.746. The van der Waals surface area contributed by atoms with Gasteiger partial charge in [-0.1, -0.05) is 105 Å². The third-order valence-corrected chi connectivity index (χ3v) is 5.62. The van der Waals surface area contributed by atoms with Crippen LogP contribution in [-0.2, 0) is 11.3 Å². The van der Waals surface area contributed by atoms with Gasteiger partial charge in [-0.25, -0.2) is 0 Å². The van der Waals surface area contributed by atoms with Gasteiger partial charge in [-0.15, -0.1) is 0 Å². The summed E-state index contributed by atoms with van der Waals surface area (Å²) in [5, 5.41) is 3.16. The molecule has 0 bridgehead atoms. The summed E-state index contributed by atoms with van der Waals surface area (Å²) in [6.07, 6.45) is 4.62. The Balaban J connectivity index is 1.76. The molecule has 1 N–H and O–H groups in total. The minimum absolute atomic E-state index is 0.0739. The summed E-state index contributed by atoms with van der Waals surface area (Å²) >= 11 is 0. The number of nitrogens with one attached hydrogen (secondary N) is 1. The van der Waals surface area contributed by atoms with E-state index >= 15 is 0 Å². The van der Waals surface area contributed by atoms with Crippen molar-refractivity contribution in [2.24, 2.45) is 0 Å². The van der Waals surface area contributed by atoms with Gasteiger partial charge in [0.15, 0.2) is 6.67 Å². The molecule has 0 aromatic heterocycles. The van der Waals surface area contributed by atoms with E-state index < -0.39 is 0 Å². The van der Waals surface area contributed by atoms with Crippen molar-refractivity contribution in [2.45, 2.75) is 19.9 Å². The molecule has 0 fully saturated rings. The van der Waals surface area contributed by atoms with E-state index in [0.717, 1.165) is 46.3 Å². The number of amides is 1. The zero-order valence-electron chi connectivity index (χ0n) is 19.1. The first-order chi connectivity index (χ1) is 15.5. The first kappa shape index (κ1) is 23.2. The fourth-order valence-electron chi connectivity index (χ4n) is 3.97. The van der Waals surface area contributed by atoms with Gasteiger partial charge in [0.25, 0.3) is 0 Å². The quantitative estimate of drug-likeness (QED) is 0.245. The number of quaternary nitrogens is 1. The topological polar surface area (TPSA) is 29.1 Å². The Morgan fingerprint density at radius 3 is 1.97 bits per heavy atom. The van der Waals surface area contributed by atoms with Crippen molar-refractivity contribution in [3.63, 3.8) is 0 Å². The van der Waals surface area contributed by atoms with Gasteiger partial charge in [-0.3, -0.25) is 4.79 Å². The largest absolute Gasteiger partial charge is 0.306 e. The summed E-state index contributed by atoms with van der Waals surface area (Å²) in [4.78, 5) is 13.0. The van der Waals surface area contributed by atoms with Crippen LogP contribution >= 0.6 is 0 Å². The number of hydrogen-bond donors (Lipinski definition) is 1. The van der Waals surface area contributed by atoms with Crippen LogP contribution in [0.2, 0.25) is 0 Å². The van der Waals surface area contributed by atoms with E-state index in [4.69, 9.17) is 0 Å². The molecule has 3 rings (SSSR count). The molecule has 1 unspecified atom stereocenters. The number of carbonyl (C=O) groups is 1. The number of nitrogens with zero attached hydrogens (tertiary/aromatic N) is 1. The Bertz CT molecular complexity index is 998. The Labute approximate surface area is 192 Å². The van der Waals surface area contributed by atoms with Crippen molar-refractivity contribution in [2.75, 3.05) is 20.3 Å². The van der Waals surface area contributed by atoms with Crippen LogP contribution < -0.4 is 5.32 Å². The fraction of sp³-hybridized carbons (Fsp3) is 0.207. The molecular formula is C29H33N2O+. The van der Waals surface area contributed by atoms with Gasteiger partial charge < -0.3 is 9.80 Å². The van der Waals surface area contributed by atoms with Gasteiger partial charge in [0.05, 0.1) is 13.6 Å². The van der Waals surface area contributed by atoms with Crippen molar-refractivity contribution in [1.82, 2.24) is 5.32 Å². The molecule has 3 nitrogen and oxygen atoms in total. The van der Waals surface area contributed by atoms with Gasteiger partial charge >= 0.3 is 0 Å². The third-order valence-electron chi connectivity index (χ3n) is 5.62. The SMILES string of the molecule is C=Cc1ccc(C[N+](C)(CCC)CNC(=O)C=C(c2ccccc2)c2ccccc2)cc1. The molecule has 0 aliphatic carbocycles. The lowest BCUT2D eigenvalue weighted by atomic mass is 9.97. The molecule has 0 aliphatic heterocycles. The normalized spacial score (nSPS) is 12.4. The maximum absolute atomic E-state index is 13.0. The zero-order chi connectivity index (χ0) is 22.8. The Kier molecular flexibility index (Phi) is 8.18. The summed E-state index contributed by atoms with van der Waals surface area (Å²) in [5.74, 6) is -0.0739. The van der Waals surface area contributed by atoms with E-state index in [1.165, 1.54) is 5.56 Å². The zero-order valence-corrected chi connectivity index (χ0v) is 19.1. The van der Waals surface area contributed by atoms with Crippen LogP contribution in [0.1, 0.15) is 35.6 Å². The average Bonchev–Trinajstić information content (AvgIpc) is 2.83. The van der Waals surface area contributed by atoms with E-state index in [0.29, 0.717) is 6.67 Å². The maximum Gasteiger partial charge on any atom is 0.248 e. The van der Waals surface area contributed by atoms with Crippen LogP contribution in [0, 0.1) is 0 Å². The highest BCUT2D eigenvalue weighted by Gasteiger charge is 2.22. The van der Waals surface area contributed by atoms with Gasteiger partial charge in [-0.05, 0) is 28.7 Å². The van der Waals surface area contributed by atoms with Gasteiger partial charge in [0.1, 0.15) is 6.54 Å². The Hall–Kier alpha value is -3.43. The van der Waals surface area contributed by atoms with Gasteiger partial charge in [-0.2, -0.15) is 0 Å². The summed E-state index contributed by atoms with van der Waals surface area (Å²) in [6.45, 7) is 8.42. The van der Waals surface area contributed by atoms with Crippen LogP contribution in [0.5, 0.6) is 0 Å². The van der Waals surface area contributed by atoms with E-state index in [1.807, 2.05) is 66.7 Å². The summed E-state index contributed by atoms with van der Waals surface area (Å²) in [5.41, 5.74) is 5.36. The minimum Gasteiger partial charge on any atom is -0.306 e. The van der Waals surface area contributed by atoms with Crippen molar-refractivity contribution in [3.8, 4) is 0 Å². The minimum atomic E-state index is -0.0739. The number of hydrogen-bond acceptors (Lipinski definition) is 1. The Morgan fingerprint density at radius 2 is 1.47 bits per heavy atom. The lowest BCUT2D eigenvalue weighted by molar-refractivity contribution is -0.924. The smallest absolute Gasteiger partial charge is 0.248 e. The third kappa shape index (κ3) is 6.53. The Morgan fingerprint density at radius 1 is 0.906 bits per heavy atom. The fourth-order valence-corrected chi connectivity index (χ4v) is 3.97. The second-order valence-electron chi connectivity index (χ2n) is 8.44. The highest BCUT2D eigenvalue weighted by atomic mass is 16.1. The lowest BCUT2D eigenvalue weighted by Gasteiger charge is -2.34. The molecule has 3 aromatic carbocycles. The highest BCUT2D eigenvalue weighted by Crippen LogP contribution is 2.23. The lowest BCUT2D eigenvalue weighted by Crippen LogP contribution is -2.51. The van der Waals surface area contributed by atoms with E-state index in [2.05, 4.69) is 50.1 Å². The molecule has 164 valence electrons. The molecule has 0 heterocycles. The van der Waals surface area contributed by atoms with Gasteiger partial charge in [0.2, 0.25) is 5.91 Å². The molecular weight excluding hydrogens is 392 g/mol. The van der Waals surface area contributed by atoms with Crippen LogP contribution in [0.15, 0.2) is 97.6 Å². The van der Waals surface area contributed by atoms with Crippen LogP contribution in [-0.4, -0.2) is 30.7 Å². The molecule has 0 radical (unpaired) electrons. The first-order valence-corrected chi connectivity index (χ1v) is 11.2. The van der Waals surface area contributed by atoms with Crippen molar-refractivity contribution in [3.05, 3.63) is 120 Å². The van der Waals surface area contributed by atoms with E-state index in [1.54, 1.807) is 6.08 Å². The van der Waals surface area contributed by atoms with Crippen molar-refractivity contribution < 1.29 is 9.28 Å². The first-order valence-electron chi connectivity index (χ1n) is 11.2. The molecule has 3 heteroatoms. The summed E-state index contributed by atoms with van der Waals surface area (Å²) in [7, 11) is 2.20. The molecule has 0 aliphatic rings. The number of benzene rings is 3. The van der Waals surface area contributed by atoms with E-state index in [-0.39, 0.29) is 5.91 Å². The number of carbonyl (C=O) groups excluding carboxylic acids is 1. The molecule has 3 aromatic rings. The predicted molar refractivity (Wildman–Crippen MR) is 135 cm³/mol. The molecule has 32 heavy (non-hydrogen) atoms. The monoisotopic (exact) mass is 425 g/mol. The van der Waals surface area contributed by atoms with Crippen LogP contribution in [0.3, 0.4) is 0 Å². The molecule has 1 atom stereocenters.